The van der Waals surface area contributed by atoms with Crippen molar-refractivity contribution in [3.8, 4) is 11.8 Å². The van der Waals surface area contributed by atoms with Crippen LogP contribution in [0.4, 0.5) is 0 Å². The molecule has 0 bridgehead atoms. The molecule has 0 heteroatoms. The average Bonchev–Trinajstić information content (AvgIpc) is 2.85. The molecule has 1 saturated carbocycles. The van der Waals surface area contributed by atoms with Gasteiger partial charge in [-0.3, -0.25) is 0 Å². The van der Waals surface area contributed by atoms with E-state index in [4.69, 9.17) is 0 Å². The first-order valence-electron chi connectivity index (χ1n) is 15.4. The quantitative estimate of drug-likeness (QED) is 0.164. The summed E-state index contributed by atoms with van der Waals surface area (Å²) < 4.78 is 0. The molecule has 2 aliphatic rings. The first-order chi connectivity index (χ1) is 18.8. The summed E-state index contributed by atoms with van der Waals surface area (Å²) in [4.78, 5) is 0. The molecule has 0 aromatic rings. The summed E-state index contributed by atoms with van der Waals surface area (Å²) in [6, 6.07) is 0. The highest BCUT2D eigenvalue weighted by Gasteiger charge is 2.30. The molecule has 0 N–H and O–H groups in total. The van der Waals surface area contributed by atoms with Crippen LogP contribution in [0.1, 0.15) is 114 Å². The van der Waals surface area contributed by atoms with Gasteiger partial charge in [-0.05, 0) is 119 Å². The molecule has 0 aromatic heterocycles. The molecule has 0 aliphatic heterocycles. The highest BCUT2D eigenvalue weighted by Crippen LogP contribution is 2.43. The number of hydrogen-bond acceptors (Lipinski definition) is 0. The van der Waals surface area contributed by atoms with Gasteiger partial charge in [0, 0.05) is 0 Å². The molecule has 0 radical (unpaired) electrons. The summed E-state index contributed by atoms with van der Waals surface area (Å²) in [6.07, 6.45) is 32.8. The van der Waals surface area contributed by atoms with Crippen molar-refractivity contribution in [3.63, 3.8) is 0 Å². The minimum absolute atomic E-state index is 0.286. The fourth-order valence-electron chi connectivity index (χ4n) is 6.04. The highest BCUT2D eigenvalue weighted by atomic mass is 14.4. The Bertz CT molecular complexity index is 1210. The topological polar surface area (TPSA) is 0 Å². The molecule has 2 aliphatic carbocycles. The lowest BCUT2D eigenvalue weighted by Gasteiger charge is -2.37. The van der Waals surface area contributed by atoms with Crippen LogP contribution in [0, 0.1) is 28.6 Å². The van der Waals surface area contributed by atoms with Gasteiger partial charge in [0.05, 0.1) is 0 Å². The Morgan fingerprint density at radius 1 is 0.800 bits per heavy atom. The van der Waals surface area contributed by atoms with Gasteiger partial charge < -0.3 is 0 Å². The van der Waals surface area contributed by atoms with Crippen LogP contribution < -0.4 is 0 Å². The van der Waals surface area contributed by atoms with E-state index in [-0.39, 0.29) is 5.41 Å². The maximum atomic E-state index is 3.17. The summed E-state index contributed by atoms with van der Waals surface area (Å²) in [5.74, 6) is 7.05. The Kier molecular flexibility index (Phi) is 13.3. The number of allylic oxidation sites excluding steroid dienone is 18. The van der Waals surface area contributed by atoms with Crippen molar-refractivity contribution in [2.24, 2.45) is 16.7 Å². The van der Waals surface area contributed by atoms with Crippen molar-refractivity contribution < 1.29 is 0 Å². The van der Waals surface area contributed by atoms with Gasteiger partial charge in [0.2, 0.25) is 0 Å². The average molecular weight is 537 g/mol. The van der Waals surface area contributed by atoms with Gasteiger partial charge in [0.1, 0.15) is 0 Å². The number of rotatable bonds is 8. The largest absolute Gasteiger partial charge is 0.0805 e. The summed E-state index contributed by atoms with van der Waals surface area (Å²) in [5, 5.41) is 0. The highest BCUT2D eigenvalue weighted by molar-refractivity contribution is 5.38. The predicted molar refractivity (Wildman–Crippen MR) is 180 cm³/mol. The first kappa shape index (κ1) is 33.4. The smallest absolute Gasteiger partial charge is 0.00860 e. The van der Waals surface area contributed by atoms with Crippen molar-refractivity contribution in [1.29, 1.82) is 0 Å². The molecule has 1 atom stereocenters. The van der Waals surface area contributed by atoms with Crippen molar-refractivity contribution >= 4 is 0 Å². The van der Waals surface area contributed by atoms with E-state index in [1.807, 2.05) is 12.2 Å². The maximum Gasteiger partial charge on any atom is -0.00860 e. The predicted octanol–water partition coefficient (Wildman–Crippen LogP) is 12.1. The lowest BCUT2D eigenvalue weighted by Crippen LogP contribution is -2.24. The van der Waals surface area contributed by atoms with Crippen LogP contribution >= 0.6 is 0 Å². The second-order valence-corrected chi connectivity index (χ2v) is 13.5. The maximum absolute atomic E-state index is 3.17. The van der Waals surface area contributed by atoms with Crippen LogP contribution in [0.5, 0.6) is 0 Å². The van der Waals surface area contributed by atoms with Gasteiger partial charge in [-0.1, -0.05) is 130 Å². The summed E-state index contributed by atoms with van der Waals surface area (Å²) >= 11 is 0. The van der Waals surface area contributed by atoms with Gasteiger partial charge in [0.15, 0.2) is 0 Å². The van der Waals surface area contributed by atoms with E-state index in [9.17, 15) is 0 Å². The second-order valence-electron chi connectivity index (χ2n) is 13.5. The Morgan fingerprint density at radius 3 is 2.00 bits per heavy atom. The Labute approximate surface area is 248 Å². The lowest BCUT2D eigenvalue weighted by atomic mass is 9.68. The van der Waals surface area contributed by atoms with E-state index in [1.165, 1.54) is 55.2 Å². The molecular weight excluding hydrogens is 480 g/mol. The van der Waals surface area contributed by atoms with Gasteiger partial charge in [-0.2, -0.15) is 0 Å². The van der Waals surface area contributed by atoms with Crippen molar-refractivity contribution in [3.05, 3.63) is 106 Å². The van der Waals surface area contributed by atoms with Gasteiger partial charge in [-0.15, -0.1) is 0 Å². The van der Waals surface area contributed by atoms with Crippen molar-refractivity contribution in [2.45, 2.75) is 114 Å². The monoisotopic (exact) mass is 536 g/mol. The summed E-state index contributed by atoms with van der Waals surface area (Å²) in [7, 11) is 0. The third-order valence-corrected chi connectivity index (χ3v) is 8.59. The summed E-state index contributed by atoms with van der Waals surface area (Å²) in [5.41, 5.74) is 10.3. The van der Waals surface area contributed by atoms with Crippen LogP contribution in [-0.2, 0) is 0 Å². The fraction of sp³-hybridized carbons (Fsp3) is 0.500. The second kappa shape index (κ2) is 15.9. The Hall–Kier alpha value is -2.78. The van der Waals surface area contributed by atoms with Crippen LogP contribution in [0.2, 0.25) is 0 Å². The van der Waals surface area contributed by atoms with E-state index < -0.39 is 0 Å². The van der Waals surface area contributed by atoms with E-state index in [0.29, 0.717) is 11.3 Å². The Morgan fingerprint density at radius 2 is 1.40 bits per heavy atom. The molecule has 40 heavy (non-hydrogen) atoms. The minimum atomic E-state index is 0.286. The molecule has 0 saturated heterocycles. The normalized spacial score (nSPS) is 23.9. The molecule has 216 valence electrons. The van der Waals surface area contributed by atoms with E-state index >= 15 is 0 Å². The molecule has 0 nitrogen and oxygen atoms in total. The molecule has 2 rings (SSSR count). The molecule has 0 spiro atoms. The van der Waals surface area contributed by atoms with Crippen molar-refractivity contribution in [1.82, 2.24) is 0 Å². The zero-order valence-electron chi connectivity index (χ0n) is 27.4. The minimum Gasteiger partial charge on any atom is -0.0805 e. The van der Waals surface area contributed by atoms with Crippen LogP contribution in [0.15, 0.2) is 106 Å². The molecule has 0 amide bonds. The molecule has 1 unspecified atom stereocenters. The van der Waals surface area contributed by atoms with E-state index in [1.54, 1.807) is 11.1 Å². The zero-order valence-corrected chi connectivity index (χ0v) is 27.4. The SMILES string of the molecule is CC1=C(/C=C/C(C)=C/C=C/C(C)=C/C#C/C=C(C)/C=C/C=C(\C)C/C=C2/C(C)CCCC2(C)C)C(C)(C)CCC1. The Balaban J connectivity index is 1.88. The molecule has 1 fully saturated rings. The van der Waals surface area contributed by atoms with Crippen LogP contribution in [0.3, 0.4) is 0 Å². The third-order valence-electron chi connectivity index (χ3n) is 8.59. The fourth-order valence-corrected chi connectivity index (χ4v) is 6.04. The zero-order chi connectivity index (χ0) is 29.8. The van der Waals surface area contributed by atoms with Gasteiger partial charge >= 0.3 is 0 Å². The third kappa shape index (κ3) is 11.4. The van der Waals surface area contributed by atoms with E-state index in [2.05, 4.69) is 136 Å². The van der Waals surface area contributed by atoms with Gasteiger partial charge in [0.25, 0.3) is 0 Å². The number of hydrogen-bond donors (Lipinski definition) is 0. The summed E-state index contributed by atoms with van der Waals surface area (Å²) in [6.45, 7) is 22.8. The van der Waals surface area contributed by atoms with Crippen molar-refractivity contribution in [2.75, 3.05) is 0 Å². The molecule has 0 aromatic carbocycles. The van der Waals surface area contributed by atoms with E-state index in [0.717, 1.165) is 17.6 Å². The van der Waals surface area contributed by atoms with Crippen LogP contribution in [0.25, 0.3) is 0 Å². The molecule has 0 heterocycles. The van der Waals surface area contributed by atoms with Gasteiger partial charge in [-0.25, -0.2) is 0 Å². The lowest BCUT2D eigenvalue weighted by molar-refractivity contribution is 0.288. The molecular formula is C40H56. The first-order valence-corrected chi connectivity index (χ1v) is 15.4. The standard InChI is InChI=1S/C40H56/c1-31(19-13-21-33(3)25-27-37-35(5)23-15-29-39(37,7)8)17-11-12-18-32(2)20-14-22-34(4)26-28-38-36(6)24-16-30-40(38,9)10/h13-14,17-22,25,27-28,36H,15-16,23-24,26,29-30H2,1-10H3/b19-13+,20-14+,27-25+,31-17+,32-18+,33-21+,34-22+,38-28-. The van der Waals surface area contributed by atoms with Crippen LogP contribution in [-0.4, -0.2) is 0 Å².